The van der Waals surface area contributed by atoms with Crippen molar-refractivity contribution in [2.24, 2.45) is 4.99 Å². The van der Waals surface area contributed by atoms with E-state index in [1.54, 1.807) is 19.1 Å². The number of carbonyl (C=O) groups excluding carboxylic acids is 1. The van der Waals surface area contributed by atoms with E-state index in [0.29, 0.717) is 31.1 Å². The first-order valence-corrected chi connectivity index (χ1v) is 9.17. The summed E-state index contributed by atoms with van der Waals surface area (Å²) in [5.41, 5.74) is 0. The average molecular weight is 378 g/mol. The summed E-state index contributed by atoms with van der Waals surface area (Å²) < 4.78 is 16.0. The highest BCUT2D eigenvalue weighted by atomic mass is 16.5. The van der Waals surface area contributed by atoms with E-state index >= 15 is 0 Å². The van der Waals surface area contributed by atoms with Crippen LogP contribution in [0.5, 0.6) is 11.5 Å². The van der Waals surface area contributed by atoms with Gasteiger partial charge < -0.3 is 29.7 Å². The first-order chi connectivity index (χ1) is 13.1. The molecule has 0 saturated carbocycles. The van der Waals surface area contributed by atoms with Crippen molar-refractivity contribution < 1.29 is 19.0 Å². The molecule has 27 heavy (non-hydrogen) atoms. The second-order valence-corrected chi connectivity index (χ2v) is 6.41. The van der Waals surface area contributed by atoms with Crippen molar-refractivity contribution in [3.63, 3.8) is 0 Å². The number of methoxy groups -OCH3 is 2. The lowest BCUT2D eigenvalue weighted by Crippen LogP contribution is -2.50. The van der Waals surface area contributed by atoms with Gasteiger partial charge in [0.2, 0.25) is 0 Å². The van der Waals surface area contributed by atoms with E-state index < -0.39 is 0 Å². The van der Waals surface area contributed by atoms with Crippen LogP contribution in [0.3, 0.4) is 0 Å². The number of guanidine groups is 1. The Bertz CT molecular complexity index is 630. The summed E-state index contributed by atoms with van der Waals surface area (Å²) in [4.78, 5) is 17.5. The van der Waals surface area contributed by atoms with Gasteiger partial charge in [-0.3, -0.25) is 4.99 Å². The summed E-state index contributed by atoms with van der Waals surface area (Å²) in [6.45, 7) is 3.93. The van der Waals surface area contributed by atoms with Gasteiger partial charge >= 0.3 is 6.09 Å². The maximum atomic E-state index is 11.5. The predicted molar refractivity (Wildman–Crippen MR) is 105 cm³/mol. The van der Waals surface area contributed by atoms with Crippen molar-refractivity contribution in [3.8, 4) is 11.5 Å². The zero-order chi connectivity index (χ0) is 19.6. The number of hydrogen-bond acceptors (Lipinski definition) is 5. The first kappa shape index (κ1) is 20.7. The van der Waals surface area contributed by atoms with Gasteiger partial charge in [0.25, 0.3) is 0 Å². The first-order valence-electron chi connectivity index (χ1n) is 9.17. The Labute approximate surface area is 160 Å². The Morgan fingerprint density at radius 1 is 1.26 bits per heavy atom. The van der Waals surface area contributed by atoms with Crippen LogP contribution in [0, 0.1) is 0 Å². The van der Waals surface area contributed by atoms with Gasteiger partial charge in [-0.05, 0) is 31.9 Å². The number of ether oxygens (including phenoxy) is 3. The highest BCUT2D eigenvalue weighted by Gasteiger charge is 2.23. The SMILES string of the molecule is CN=C(NCC(C)Oc1ccccc1OC)NC1CCN(C(=O)OC)CC1. The topological polar surface area (TPSA) is 84.4 Å². The Hall–Kier alpha value is -2.64. The predicted octanol–water partition coefficient (Wildman–Crippen LogP) is 1.86. The third-order valence-corrected chi connectivity index (χ3v) is 4.45. The molecule has 1 atom stereocenters. The third kappa shape index (κ3) is 6.23. The van der Waals surface area contributed by atoms with Crippen molar-refractivity contribution in [1.29, 1.82) is 0 Å². The summed E-state index contributed by atoms with van der Waals surface area (Å²) >= 11 is 0. The molecule has 0 bridgehead atoms. The molecule has 0 aromatic heterocycles. The fourth-order valence-corrected chi connectivity index (χ4v) is 2.94. The fourth-order valence-electron chi connectivity index (χ4n) is 2.94. The molecule has 150 valence electrons. The number of nitrogens with one attached hydrogen (secondary N) is 2. The average Bonchev–Trinajstić information content (AvgIpc) is 2.71. The number of nitrogens with zero attached hydrogens (tertiary/aromatic N) is 2. The van der Waals surface area contributed by atoms with E-state index in [2.05, 4.69) is 15.6 Å². The molecule has 0 aliphatic carbocycles. The maximum Gasteiger partial charge on any atom is 0.409 e. The van der Waals surface area contributed by atoms with Gasteiger partial charge in [-0.15, -0.1) is 0 Å². The number of hydrogen-bond donors (Lipinski definition) is 2. The number of rotatable bonds is 6. The smallest absolute Gasteiger partial charge is 0.409 e. The number of piperidine rings is 1. The molecule has 1 aromatic carbocycles. The quantitative estimate of drug-likeness (QED) is 0.581. The molecular weight excluding hydrogens is 348 g/mol. The van der Waals surface area contributed by atoms with Crippen LogP contribution >= 0.6 is 0 Å². The van der Waals surface area contributed by atoms with Crippen LogP contribution in [0.1, 0.15) is 19.8 Å². The van der Waals surface area contributed by atoms with E-state index in [0.717, 1.165) is 18.8 Å². The molecule has 1 fully saturated rings. The molecule has 1 aliphatic heterocycles. The molecule has 1 aromatic rings. The van der Waals surface area contributed by atoms with Crippen molar-refractivity contribution in [2.75, 3.05) is 40.9 Å². The molecule has 0 spiro atoms. The Balaban J connectivity index is 1.76. The van der Waals surface area contributed by atoms with E-state index in [4.69, 9.17) is 14.2 Å². The van der Waals surface area contributed by atoms with E-state index in [1.807, 2.05) is 31.2 Å². The second kappa shape index (κ2) is 10.5. The van der Waals surface area contributed by atoms with Crippen LogP contribution in [-0.2, 0) is 4.74 Å². The minimum Gasteiger partial charge on any atom is -0.493 e. The zero-order valence-corrected chi connectivity index (χ0v) is 16.5. The van der Waals surface area contributed by atoms with E-state index in [1.165, 1.54) is 7.11 Å². The summed E-state index contributed by atoms with van der Waals surface area (Å²) in [5.74, 6) is 2.15. The fraction of sp³-hybridized carbons (Fsp3) is 0.579. The second-order valence-electron chi connectivity index (χ2n) is 6.41. The Morgan fingerprint density at radius 2 is 1.93 bits per heavy atom. The number of aliphatic imine (C=N–C) groups is 1. The maximum absolute atomic E-state index is 11.5. The summed E-state index contributed by atoms with van der Waals surface area (Å²) in [6, 6.07) is 7.85. The molecule has 1 aliphatic rings. The lowest BCUT2D eigenvalue weighted by Gasteiger charge is -2.32. The lowest BCUT2D eigenvalue weighted by molar-refractivity contribution is 0.111. The largest absolute Gasteiger partial charge is 0.493 e. The normalized spacial score (nSPS) is 16.4. The minimum atomic E-state index is -0.265. The molecule has 1 saturated heterocycles. The number of benzene rings is 1. The number of para-hydroxylation sites is 2. The van der Waals surface area contributed by atoms with Crippen LogP contribution < -0.4 is 20.1 Å². The third-order valence-electron chi connectivity index (χ3n) is 4.45. The number of carbonyl (C=O) groups is 1. The Kier molecular flexibility index (Phi) is 8.03. The molecule has 2 rings (SSSR count). The van der Waals surface area contributed by atoms with E-state index in [-0.39, 0.29) is 18.2 Å². The number of likely N-dealkylation sites (tertiary alicyclic amines) is 1. The van der Waals surface area contributed by atoms with Crippen LogP contribution in [-0.4, -0.2) is 70.0 Å². The van der Waals surface area contributed by atoms with Gasteiger partial charge in [0.05, 0.1) is 20.8 Å². The van der Waals surface area contributed by atoms with Gasteiger partial charge in [0.15, 0.2) is 17.5 Å². The highest BCUT2D eigenvalue weighted by molar-refractivity contribution is 5.80. The zero-order valence-electron chi connectivity index (χ0n) is 16.5. The summed E-state index contributed by atoms with van der Waals surface area (Å²) in [7, 11) is 4.78. The van der Waals surface area contributed by atoms with E-state index in [9.17, 15) is 4.79 Å². The van der Waals surface area contributed by atoms with Crippen molar-refractivity contribution in [1.82, 2.24) is 15.5 Å². The monoisotopic (exact) mass is 378 g/mol. The molecule has 8 nitrogen and oxygen atoms in total. The van der Waals surface area contributed by atoms with Gasteiger partial charge in [0, 0.05) is 26.2 Å². The molecule has 8 heteroatoms. The van der Waals surface area contributed by atoms with Gasteiger partial charge in [-0.2, -0.15) is 0 Å². The minimum absolute atomic E-state index is 0.0685. The van der Waals surface area contributed by atoms with Gasteiger partial charge in [0.1, 0.15) is 6.10 Å². The van der Waals surface area contributed by atoms with Gasteiger partial charge in [-0.25, -0.2) is 4.79 Å². The number of amides is 1. The highest BCUT2D eigenvalue weighted by Crippen LogP contribution is 2.26. The van der Waals surface area contributed by atoms with Crippen LogP contribution in [0.15, 0.2) is 29.3 Å². The molecule has 2 N–H and O–H groups in total. The standard InChI is InChI=1S/C19H30N4O4/c1-14(27-17-8-6-5-7-16(17)25-3)13-21-18(20-2)22-15-9-11-23(12-10-15)19(24)26-4/h5-8,14-15H,9-13H2,1-4H3,(H2,20,21,22). The lowest BCUT2D eigenvalue weighted by atomic mass is 10.1. The molecule has 1 unspecified atom stereocenters. The summed E-state index contributed by atoms with van der Waals surface area (Å²) in [5, 5.41) is 6.69. The van der Waals surface area contributed by atoms with Crippen molar-refractivity contribution in [3.05, 3.63) is 24.3 Å². The van der Waals surface area contributed by atoms with Crippen molar-refractivity contribution in [2.45, 2.75) is 31.9 Å². The molecule has 1 heterocycles. The molecular formula is C19H30N4O4. The van der Waals surface area contributed by atoms with Gasteiger partial charge in [-0.1, -0.05) is 12.1 Å². The van der Waals surface area contributed by atoms with Crippen LogP contribution in [0.2, 0.25) is 0 Å². The Morgan fingerprint density at radius 3 is 2.52 bits per heavy atom. The van der Waals surface area contributed by atoms with Crippen LogP contribution in [0.4, 0.5) is 4.79 Å². The van der Waals surface area contributed by atoms with Crippen molar-refractivity contribution >= 4 is 12.1 Å². The molecule has 0 radical (unpaired) electrons. The summed E-state index contributed by atoms with van der Waals surface area (Å²) in [6.07, 6.45) is 1.37. The van der Waals surface area contributed by atoms with Crippen LogP contribution in [0.25, 0.3) is 0 Å². The molecule has 1 amide bonds.